The molecule has 2 rings (SSSR count). The molecule has 0 spiro atoms. The molecule has 1 aromatic carbocycles. The molecule has 1 N–H and O–H groups in total. The molecule has 0 fully saturated rings. The molecule has 0 saturated carbocycles. The second-order valence-electron chi connectivity index (χ2n) is 4.51. The Kier molecular flexibility index (Phi) is 4.62. The maximum absolute atomic E-state index is 11.8. The molecule has 21 heavy (non-hydrogen) atoms. The number of aryl methyl sites for hydroxylation is 2. The smallest absolute Gasteiger partial charge is 0.252 e. The predicted octanol–water partition coefficient (Wildman–Crippen LogP) is 2.23. The quantitative estimate of drug-likeness (QED) is 0.855. The molecule has 0 saturated heterocycles. The van der Waals surface area contributed by atoms with Gasteiger partial charge in [-0.25, -0.2) is 0 Å². The van der Waals surface area contributed by atoms with E-state index in [-0.39, 0.29) is 12.5 Å². The van der Waals surface area contributed by atoms with E-state index < -0.39 is 0 Å². The van der Waals surface area contributed by atoms with Crippen LogP contribution in [0.2, 0.25) is 0 Å². The van der Waals surface area contributed by atoms with Crippen LogP contribution in [0.4, 0.5) is 0 Å². The van der Waals surface area contributed by atoms with Crippen LogP contribution < -0.4 is 10.1 Å². The van der Waals surface area contributed by atoms with Crippen LogP contribution in [0.15, 0.2) is 28.8 Å². The highest BCUT2D eigenvalue weighted by molar-refractivity contribution is 5.94. The molecule has 0 unspecified atom stereocenters. The van der Waals surface area contributed by atoms with Crippen molar-refractivity contribution in [1.82, 2.24) is 10.5 Å². The van der Waals surface area contributed by atoms with Gasteiger partial charge in [-0.1, -0.05) is 17.1 Å². The lowest BCUT2D eigenvalue weighted by atomic mass is 10.2. The Bertz CT molecular complexity index is 664. The van der Waals surface area contributed by atoms with Crippen molar-refractivity contribution < 1.29 is 14.1 Å². The maximum Gasteiger partial charge on any atom is 0.252 e. The normalized spacial score (nSPS) is 9.95. The molecule has 0 aliphatic rings. The van der Waals surface area contributed by atoms with E-state index in [0.29, 0.717) is 17.9 Å². The van der Waals surface area contributed by atoms with Gasteiger partial charge < -0.3 is 14.6 Å². The molecular formula is C16H16N2O3. The van der Waals surface area contributed by atoms with Crippen LogP contribution in [0.3, 0.4) is 0 Å². The molecule has 1 heterocycles. The van der Waals surface area contributed by atoms with E-state index in [1.54, 1.807) is 24.3 Å². The minimum Gasteiger partial charge on any atom is -0.489 e. The largest absolute Gasteiger partial charge is 0.489 e. The first-order chi connectivity index (χ1) is 10.1. The van der Waals surface area contributed by atoms with Gasteiger partial charge in [-0.05, 0) is 32.0 Å². The first-order valence-electron chi connectivity index (χ1n) is 6.48. The number of aromatic nitrogens is 1. The lowest BCUT2D eigenvalue weighted by Gasteiger charge is -2.07. The number of hydrogen-bond acceptors (Lipinski definition) is 4. The summed E-state index contributed by atoms with van der Waals surface area (Å²) in [6, 6.07) is 6.92. The van der Waals surface area contributed by atoms with Gasteiger partial charge in [0.05, 0.1) is 17.8 Å². The van der Waals surface area contributed by atoms with Crippen molar-refractivity contribution in [2.45, 2.75) is 20.5 Å². The number of hydrogen-bond donors (Lipinski definition) is 1. The molecule has 0 radical (unpaired) electrons. The van der Waals surface area contributed by atoms with Crippen molar-refractivity contribution in [3.05, 3.63) is 46.8 Å². The zero-order valence-electron chi connectivity index (χ0n) is 12.0. The molecule has 0 aliphatic heterocycles. The van der Waals surface area contributed by atoms with Gasteiger partial charge in [-0.3, -0.25) is 4.79 Å². The molecule has 1 amide bonds. The van der Waals surface area contributed by atoms with Crippen LogP contribution in [0.1, 0.15) is 27.4 Å². The van der Waals surface area contributed by atoms with Gasteiger partial charge in [-0.2, -0.15) is 0 Å². The Hall–Kier alpha value is -2.74. The van der Waals surface area contributed by atoms with Gasteiger partial charge in [0, 0.05) is 5.56 Å². The minimum absolute atomic E-state index is 0.197. The number of carbonyl (C=O) groups excluding carboxylic acids is 1. The molecule has 5 heteroatoms. The monoisotopic (exact) mass is 284 g/mol. The van der Waals surface area contributed by atoms with Crippen LogP contribution in [0, 0.1) is 26.2 Å². The van der Waals surface area contributed by atoms with Crippen molar-refractivity contribution in [3.8, 4) is 18.1 Å². The molecule has 5 nitrogen and oxygen atoms in total. The topological polar surface area (TPSA) is 64.4 Å². The molecule has 1 aromatic heterocycles. The molecule has 108 valence electrons. The van der Waals surface area contributed by atoms with E-state index in [1.165, 1.54) is 0 Å². The van der Waals surface area contributed by atoms with Crippen molar-refractivity contribution in [2.24, 2.45) is 0 Å². The highest BCUT2D eigenvalue weighted by Gasteiger charge is 2.10. The van der Waals surface area contributed by atoms with Crippen LogP contribution in [-0.4, -0.2) is 17.6 Å². The standard InChI is InChI=1S/C16H16N2O3/c1-4-8-17-16(19)13-6-5-7-14(9-13)20-10-15-11(2)18-21-12(15)3/h1,5-7,9H,8,10H2,2-3H3,(H,17,19). The lowest BCUT2D eigenvalue weighted by molar-refractivity contribution is 0.0958. The number of ether oxygens (including phenoxy) is 1. The van der Waals surface area contributed by atoms with Gasteiger partial charge in [0.15, 0.2) is 0 Å². The highest BCUT2D eigenvalue weighted by Crippen LogP contribution is 2.18. The minimum atomic E-state index is -0.226. The third kappa shape index (κ3) is 3.63. The number of terminal acetylenes is 1. The van der Waals surface area contributed by atoms with Crippen LogP contribution >= 0.6 is 0 Å². The summed E-state index contributed by atoms with van der Waals surface area (Å²) in [4.78, 5) is 11.8. The number of amides is 1. The van der Waals surface area contributed by atoms with Gasteiger partial charge in [0.1, 0.15) is 18.1 Å². The first kappa shape index (κ1) is 14.7. The Labute approximate surface area is 123 Å². The number of nitrogens with zero attached hydrogens (tertiary/aromatic N) is 1. The summed E-state index contributed by atoms with van der Waals surface area (Å²) in [7, 11) is 0. The number of benzene rings is 1. The van der Waals surface area contributed by atoms with E-state index in [2.05, 4.69) is 16.4 Å². The average Bonchev–Trinajstić information content (AvgIpc) is 2.82. The fourth-order valence-corrected chi connectivity index (χ4v) is 1.82. The van der Waals surface area contributed by atoms with Crippen LogP contribution in [0.25, 0.3) is 0 Å². The first-order valence-corrected chi connectivity index (χ1v) is 6.48. The zero-order chi connectivity index (χ0) is 15.2. The van der Waals surface area contributed by atoms with Crippen molar-refractivity contribution in [2.75, 3.05) is 6.54 Å². The second kappa shape index (κ2) is 6.62. The SMILES string of the molecule is C#CCNC(=O)c1cccc(OCc2c(C)noc2C)c1. The van der Waals surface area contributed by atoms with Gasteiger partial charge in [0.2, 0.25) is 0 Å². The summed E-state index contributed by atoms with van der Waals surface area (Å²) in [6.45, 7) is 4.24. The fraction of sp³-hybridized carbons (Fsp3) is 0.250. The van der Waals surface area contributed by atoms with Crippen LogP contribution in [-0.2, 0) is 6.61 Å². The number of rotatable bonds is 5. The maximum atomic E-state index is 11.8. The van der Waals surface area contributed by atoms with Crippen molar-refractivity contribution in [1.29, 1.82) is 0 Å². The van der Waals surface area contributed by atoms with Gasteiger partial charge >= 0.3 is 0 Å². The highest BCUT2D eigenvalue weighted by atomic mass is 16.5. The zero-order valence-corrected chi connectivity index (χ0v) is 12.0. The van der Waals surface area contributed by atoms with Crippen LogP contribution in [0.5, 0.6) is 5.75 Å². The van der Waals surface area contributed by atoms with E-state index >= 15 is 0 Å². The van der Waals surface area contributed by atoms with E-state index in [0.717, 1.165) is 17.0 Å². The Morgan fingerprint density at radius 2 is 2.29 bits per heavy atom. The second-order valence-corrected chi connectivity index (χ2v) is 4.51. The summed E-state index contributed by atoms with van der Waals surface area (Å²) in [6.07, 6.45) is 5.11. The van der Waals surface area contributed by atoms with Crippen molar-refractivity contribution in [3.63, 3.8) is 0 Å². The Balaban J connectivity index is 2.05. The molecule has 0 bridgehead atoms. The Morgan fingerprint density at radius 3 is 2.95 bits per heavy atom. The fourth-order valence-electron chi connectivity index (χ4n) is 1.82. The Morgan fingerprint density at radius 1 is 1.48 bits per heavy atom. The summed E-state index contributed by atoms with van der Waals surface area (Å²) in [5.41, 5.74) is 2.22. The summed E-state index contributed by atoms with van der Waals surface area (Å²) >= 11 is 0. The van der Waals surface area contributed by atoms with E-state index in [4.69, 9.17) is 15.7 Å². The molecular weight excluding hydrogens is 268 g/mol. The van der Waals surface area contributed by atoms with Crippen molar-refractivity contribution >= 4 is 5.91 Å². The number of carbonyl (C=O) groups is 1. The van der Waals surface area contributed by atoms with Gasteiger partial charge in [0.25, 0.3) is 5.91 Å². The molecule has 0 aliphatic carbocycles. The third-order valence-corrected chi connectivity index (χ3v) is 3.01. The molecule has 2 aromatic rings. The molecule has 0 atom stereocenters. The predicted molar refractivity (Wildman–Crippen MR) is 77.9 cm³/mol. The number of nitrogens with one attached hydrogen (secondary N) is 1. The average molecular weight is 284 g/mol. The van der Waals surface area contributed by atoms with E-state index in [1.807, 2.05) is 13.8 Å². The third-order valence-electron chi connectivity index (χ3n) is 3.01. The summed E-state index contributed by atoms with van der Waals surface area (Å²) < 4.78 is 10.8. The summed E-state index contributed by atoms with van der Waals surface area (Å²) in [5.74, 6) is 3.46. The van der Waals surface area contributed by atoms with Gasteiger partial charge in [-0.15, -0.1) is 6.42 Å². The van der Waals surface area contributed by atoms with E-state index in [9.17, 15) is 4.79 Å². The summed E-state index contributed by atoms with van der Waals surface area (Å²) in [5, 5.41) is 6.48. The lowest BCUT2D eigenvalue weighted by Crippen LogP contribution is -2.23.